The first-order valence-electron chi connectivity index (χ1n) is 13.9. The van der Waals surface area contributed by atoms with Crippen molar-refractivity contribution in [2.75, 3.05) is 18.9 Å². The highest BCUT2D eigenvalue weighted by Crippen LogP contribution is 2.61. The van der Waals surface area contributed by atoms with Gasteiger partial charge in [0.25, 0.3) is 0 Å². The van der Waals surface area contributed by atoms with Crippen LogP contribution in [-0.2, 0) is 14.3 Å². The van der Waals surface area contributed by atoms with Crippen LogP contribution in [0.2, 0.25) is 0 Å². The Morgan fingerprint density at radius 3 is 2.47 bits per heavy atom. The molecule has 2 fully saturated rings. The quantitative estimate of drug-likeness (QED) is 0.362. The number of Topliss-reactive ketones (excluding diaryl/α,β-unsaturated/α-hetero) is 2. The molecule has 0 heterocycles. The van der Waals surface area contributed by atoms with E-state index in [-0.39, 0.29) is 33.8 Å². The average molecular weight is 556 g/mol. The Morgan fingerprint density at radius 1 is 1.18 bits per heavy atom. The number of hydrogen-bond acceptors (Lipinski definition) is 7. The van der Waals surface area contributed by atoms with Crippen LogP contribution in [0.5, 0.6) is 0 Å². The second-order valence-corrected chi connectivity index (χ2v) is 14.1. The maximum atomic E-state index is 12.9. The number of nitrogens with one attached hydrogen (secondary N) is 1. The van der Waals surface area contributed by atoms with Crippen molar-refractivity contribution >= 4 is 29.4 Å². The summed E-state index contributed by atoms with van der Waals surface area (Å²) in [6, 6.07) is 0. The van der Waals surface area contributed by atoms with Gasteiger partial charge in [0.1, 0.15) is 12.2 Å². The van der Waals surface area contributed by atoms with Crippen molar-refractivity contribution in [1.29, 1.82) is 0 Å². The summed E-state index contributed by atoms with van der Waals surface area (Å²) in [7, 11) is 0. The van der Waals surface area contributed by atoms with Gasteiger partial charge in [0.05, 0.1) is 11.0 Å². The average Bonchev–Trinajstić information content (AvgIpc) is 3.11. The van der Waals surface area contributed by atoms with Crippen LogP contribution in [0, 0.1) is 28.6 Å². The number of aliphatic hydroxyl groups excluding tert-OH is 2. The van der Waals surface area contributed by atoms with Gasteiger partial charge < -0.3 is 25.7 Å². The van der Waals surface area contributed by atoms with Crippen LogP contribution in [0.3, 0.4) is 0 Å². The monoisotopic (exact) mass is 555 g/mol. The number of fused-ring (bicyclic) bond motifs is 1. The third kappa shape index (κ3) is 7.40. The van der Waals surface area contributed by atoms with E-state index in [2.05, 4.69) is 19.2 Å². The van der Waals surface area contributed by atoms with E-state index in [4.69, 9.17) is 4.74 Å². The van der Waals surface area contributed by atoms with Crippen LogP contribution in [0.25, 0.3) is 0 Å². The summed E-state index contributed by atoms with van der Waals surface area (Å²) in [5.74, 6) is 1.24. The zero-order valence-electron chi connectivity index (χ0n) is 24.0. The van der Waals surface area contributed by atoms with Gasteiger partial charge in [0.15, 0.2) is 11.6 Å². The molecule has 0 aromatic carbocycles. The van der Waals surface area contributed by atoms with E-state index in [0.717, 1.165) is 43.4 Å². The van der Waals surface area contributed by atoms with Crippen molar-refractivity contribution in [2.24, 2.45) is 28.6 Å². The summed E-state index contributed by atoms with van der Waals surface area (Å²) in [6.07, 6.45) is 5.53. The van der Waals surface area contributed by atoms with Crippen molar-refractivity contribution < 1.29 is 34.8 Å². The molecule has 3 rings (SSSR count). The minimum absolute atomic E-state index is 0. The lowest BCUT2D eigenvalue weighted by molar-refractivity contribution is -0.130. The number of ketones is 2. The largest absolute Gasteiger partial charge is 0.444 e. The highest BCUT2D eigenvalue weighted by Gasteiger charge is 2.54. The number of allylic oxidation sites excluding steroid dienone is 2. The van der Waals surface area contributed by atoms with Gasteiger partial charge >= 0.3 is 6.09 Å². The summed E-state index contributed by atoms with van der Waals surface area (Å²) in [5.41, 5.74) is 0.340. The Kier molecular flexibility index (Phi) is 11.1. The SMILES string of the molecule is CC(O)CC1(C)C(C2CCC3=C(SCCNC(=O)OC(C)(C)C)C(=O)CCC3(C)C2)CC[C@@H]1C(=O)CO.O. The van der Waals surface area contributed by atoms with Crippen molar-refractivity contribution in [2.45, 2.75) is 105 Å². The standard InChI is InChI=1S/C29H47NO6S.H2O/c1-18(32)15-29(6)20(9-10-21(29)24(34)17-31)19-7-8-22-25(23(33)11-12-28(22,5)16-19)37-14-13-30-26(35)36-27(2,3)4;/h18-21,31-32H,7-17H2,1-6H3,(H,30,35);1H2/t18?,19?,20?,21-,28?,29?;/m1./s1. The summed E-state index contributed by atoms with van der Waals surface area (Å²) >= 11 is 1.55. The number of aliphatic hydroxyl groups is 2. The van der Waals surface area contributed by atoms with E-state index < -0.39 is 24.4 Å². The normalized spacial score (nSPS) is 32.3. The molecule has 6 atom stereocenters. The summed E-state index contributed by atoms with van der Waals surface area (Å²) in [6.45, 7) is 11.7. The molecule has 0 aromatic heterocycles. The molecule has 0 bridgehead atoms. The highest BCUT2D eigenvalue weighted by molar-refractivity contribution is 8.04. The minimum atomic E-state index is -0.544. The van der Waals surface area contributed by atoms with Gasteiger partial charge in [0, 0.05) is 24.6 Å². The lowest BCUT2D eigenvalue weighted by Crippen LogP contribution is -2.43. The van der Waals surface area contributed by atoms with Crippen molar-refractivity contribution in [3.05, 3.63) is 10.5 Å². The predicted molar refractivity (Wildman–Crippen MR) is 150 cm³/mol. The first-order valence-corrected chi connectivity index (χ1v) is 14.9. The number of carbonyl (C=O) groups excluding carboxylic acids is 3. The van der Waals surface area contributed by atoms with E-state index in [1.54, 1.807) is 18.7 Å². The minimum Gasteiger partial charge on any atom is -0.444 e. The van der Waals surface area contributed by atoms with E-state index >= 15 is 0 Å². The summed E-state index contributed by atoms with van der Waals surface area (Å²) in [4.78, 5) is 38.4. The van der Waals surface area contributed by atoms with Gasteiger partial charge in [0.2, 0.25) is 0 Å². The van der Waals surface area contributed by atoms with Crippen molar-refractivity contribution in [3.8, 4) is 0 Å². The van der Waals surface area contributed by atoms with Gasteiger partial charge in [-0.1, -0.05) is 13.8 Å². The Hall–Kier alpha value is -1.42. The predicted octanol–water partition coefficient (Wildman–Crippen LogP) is 4.21. The molecule has 9 heteroatoms. The zero-order valence-corrected chi connectivity index (χ0v) is 24.8. The van der Waals surface area contributed by atoms with Crippen LogP contribution in [-0.4, -0.2) is 64.0 Å². The maximum Gasteiger partial charge on any atom is 0.407 e. The fourth-order valence-corrected chi connectivity index (χ4v) is 8.68. The second kappa shape index (κ2) is 12.8. The molecule has 3 aliphatic carbocycles. The number of thioether (sulfide) groups is 1. The summed E-state index contributed by atoms with van der Waals surface area (Å²) < 4.78 is 5.29. The molecule has 218 valence electrons. The molecule has 0 radical (unpaired) electrons. The molecular weight excluding hydrogens is 506 g/mol. The maximum absolute atomic E-state index is 12.9. The van der Waals surface area contributed by atoms with E-state index in [1.165, 1.54) is 5.57 Å². The molecule has 3 aliphatic rings. The molecule has 5 unspecified atom stereocenters. The topological polar surface area (TPSA) is 144 Å². The molecule has 0 spiro atoms. The number of rotatable bonds is 9. The lowest BCUT2D eigenvalue weighted by atomic mass is 9.56. The van der Waals surface area contributed by atoms with E-state index in [1.807, 2.05) is 20.8 Å². The molecule has 5 N–H and O–H groups in total. The Morgan fingerprint density at radius 2 is 1.87 bits per heavy atom. The van der Waals surface area contributed by atoms with Crippen molar-refractivity contribution in [1.82, 2.24) is 5.32 Å². The second-order valence-electron chi connectivity index (χ2n) is 13.0. The molecular formula is C29H49NO7S. The Bertz CT molecular complexity index is 911. The number of ether oxygens (including phenoxy) is 1. The fraction of sp³-hybridized carbons (Fsp3) is 0.828. The first-order chi connectivity index (χ1) is 17.2. The molecule has 38 heavy (non-hydrogen) atoms. The lowest BCUT2D eigenvalue weighted by Gasteiger charge is -2.49. The number of alkyl carbamates (subject to hydrolysis) is 1. The van der Waals surface area contributed by atoms with Gasteiger partial charge in [-0.05, 0) is 101 Å². The van der Waals surface area contributed by atoms with Crippen molar-refractivity contribution in [3.63, 3.8) is 0 Å². The number of amides is 1. The Labute approximate surface area is 232 Å². The van der Waals surface area contributed by atoms with Gasteiger partial charge in [-0.3, -0.25) is 9.59 Å². The third-order valence-electron chi connectivity index (χ3n) is 8.91. The van der Waals surface area contributed by atoms with Crippen LogP contribution in [0.15, 0.2) is 10.5 Å². The van der Waals surface area contributed by atoms with Crippen LogP contribution in [0.1, 0.15) is 92.9 Å². The number of hydrogen-bond donors (Lipinski definition) is 3. The zero-order chi connectivity index (χ0) is 27.6. The molecule has 8 nitrogen and oxygen atoms in total. The van der Waals surface area contributed by atoms with E-state index in [0.29, 0.717) is 37.0 Å². The van der Waals surface area contributed by atoms with Gasteiger partial charge in [-0.2, -0.15) is 0 Å². The molecule has 0 aliphatic heterocycles. The molecule has 0 saturated heterocycles. The molecule has 2 saturated carbocycles. The highest BCUT2D eigenvalue weighted by atomic mass is 32.2. The molecule has 1 amide bonds. The Balaban J connectivity index is 0.00000507. The van der Waals surface area contributed by atoms with Gasteiger partial charge in [-0.15, -0.1) is 11.8 Å². The third-order valence-corrected chi connectivity index (χ3v) is 10.1. The fourth-order valence-electron chi connectivity index (χ4n) is 7.49. The van der Waals surface area contributed by atoms with Crippen LogP contribution in [0.4, 0.5) is 4.79 Å². The van der Waals surface area contributed by atoms with Crippen LogP contribution >= 0.6 is 11.8 Å². The smallest absolute Gasteiger partial charge is 0.407 e. The molecule has 0 aromatic rings. The van der Waals surface area contributed by atoms with Gasteiger partial charge in [-0.25, -0.2) is 4.79 Å². The summed E-state index contributed by atoms with van der Waals surface area (Å²) in [5, 5.41) is 22.7. The van der Waals surface area contributed by atoms with E-state index in [9.17, 15) is 24.6 Å². The van der Waals surface area contributed by atoms with Crippen LogP contribution < -0.4 is 5.32 Å². The number of carbonyl (C=O) groups is 3. The first kappa shape index (κ1) is 32.8.